The maximum Gasteiger partial charge on any atom is 0.411 e. The Kier molecular flexibility index (Phi) is 5.15. The van der Waals surface area contributed by atoms with Gasteiger partial charge in [-0.1, -0.05) is 48.7 Å². The van der Waals surface area contributed by atoms with E-state index in [0.29, 0.717) is 32.2 Å². The van der Waals surface area contributed by atoms with Crippen LogP contribution >= 0.6 is 0 Å². The molecule has 2 aromatic rings. The van der Waals surface area contributed by atoms with Crippen LogP contribution in [0.2, 0.25) is 6.82 Å². The van der Waals surface area contributed by atoms with Gasteiger partial charge in [-0.25, -0.2) is 9.18 Å². The summed E-state index contributed by atoms with van der Waals surface area (Å²) in [7, 11) is 0.976. The molecule has 2 aromatic carbocycles. The van der Waals surface area contributed by atoms with Gasteiger partial charge in [0.1, 0.15) is 11.4 Å². The van der Waals surface area contributed by atoms with Crippen LogP contribution in [0.15, 0.2) is 48.5 Å². The van der Waals surface area contributed by atoms with E-state index < -0.39 is 17.3 Å². The molecule has 4 nitrogen and oxygen atoms in total. The second-order valence-electron chi connectivity index (χ2n) is 8.48. The summed E-state index contributed by atoms with van der Waals surface area (Å²) >= 11 is 0. The molecule has 2 aliphatic rings. The predicted octanol–water partition coefficient (Wildman–Crippen LogP) is 3.65. The number of hydrogen-bond donors (Lipinski definition) is 1. The zero-order chi connectivity index (χ0) is 20.6. The molecule has 29 heavy (non-hydrogen) atoms. The number of halogens is 1. The first-order valence-corrected chi connectivity index (χ1v) is 10.4. The predicted molar refractivity (Wildman–Crippen MR) is 112 cm³/mol. The smallest absolute Gasteiger partial charge is 0.411 e. The van der Waals surface area contributed by atoms with Gasteiger partial charge in [-0.05, 0) is 43.0 Å². The Labute approximate surface area is 171 Å². The molecule has 1 N–H and O–H groups in total. The van der Waals surface area contributed by atoms with E-state index >= 15 is 0 Å². The van der Waals surface area contributed by atoms with Gasteiger partial charge < -0.3 is 14.7 Å². The molecule has 0 spiro atoms. The van der Waals surface area contributed by atoms with Gasteiger partial charge in [0.2, 0.25) is 0 Å². The second-order valence-corrected chi connectivity index (χ2v) is 8.48. The fourth-order valence-electron chi connectivity index (χ4n) is 4.27. The first-order valence-electron chi connectivity index (χ1n) is 10.4. The summed E-state index contributed by atoms with van der Waals surface area (Å²) in [5.41, 5.74) is 1.35. The van der Waals surface area contributed by atoms with E-state index in [4.69, 9.17) is 4.74 Å². The molecule has 1 saturated carbocycles. The van der Waals surface area contributed by atoms with Gasteiger partial charge in [0.05, 0.1) is 11.6 Å². The minimum atomic E-state index is -0.918. The third-order valence-electron chi connectivity index (χ3n) is 6.42. The Morgan fingerprint density at radius 1 is 1.14 bits per heavy atom. The van der Waals surface area contributed by atoms with Gasteiger partial charge in [-0.3, -0.25) is 0 Å². The molecule has 1 aliphatic carbocycles. The summed E-state index contributed by atoms with van der Waals surface area (Å²) in [6.45, 7) is 4.63. The molecule has 6 heteroatoms. The number of carbonyl (C=O) groups excluding carboxylic acids is 1. The van der Waals surface area contributed by atoms with E-state index in [0.717, 1.165) is 18.4 Å². The molecule has 1 aliphatic heterocycles. The summed E-state index contributed by atoms with van der Waals surface area (Å²) in [5, 5.41) is 10.6. The lowest BCUT2D eigenvalue weighted by Gasteiger charge is -2.44. The van der Waals surface area contributed by atoms with Gasteiger partial charge in [-0.2, -0.15) is 0 Å². The fraction of sp³-hybridized carbons (Fsp3) is 0.435. The minimum absolute atomic E-state index is 0.108. The largest absolute Gasteiger partial charge is 0.438 e. The second kappa shape index (κ2) is 7.49. The number of ether oxygens (including phenoxy) is 1. The number of carbonyl (C=O) groups is 1. The summed E-state index contributed by atoms with van der Waals surface area (Å²) in [5.74, 6) is -0.332. The highest BCUT2D eigenvalue weighted by molar-refractivity contribution is 6.51. The quantitative estimate of drug-likeness (QED) is 0.760. The number of cyclic esters (lactones) is 1. The van der Waals surface area contributed by atoms with Gasteiger partial charge in [0.25, 0.3) is 0 Å². The van der Waals surface area contributed by atoms with E-state index in [1.165, 1.54) is 17.6 Å². The van der Waals surface area contributed by atoms with Gasteiger partial charge >= 0.3 is 6.09 Å². The standard InChI is InChI=1S/C23H27BFNO3/c1-16(17-3-7-19(24-2)8-4-17)26-14-13-23(29-21(26)27,15-22(28)11-12-22)18-5-9-20(25)10-6-18/h3-10,16,24,28H,11-15H2,1-2H3/t16-,23-/m0/s1. The molecular formula is C23H27BFNO3. The van der Waals surface area contributed by atoms with Crippen LogP contribution in [0.5, 0.6) is 0 Å². The Balaban J connectivity index is 1.56. The third kappa shape index (κ3) is 4.04. The van der Waals surface area contributed by atoms with Gasteiger partial charge in [0.15, 0.2) is 7.28 Å². The molecule has 0 aromatic heterocycles. The average molecular weight is 395 g/mol. The number of rotatable bonds is 6. The first-order chi connectivity index (χ1) is 13.8. The molecule has 1 heterocycles. The van der Waals surface area contributed by atoms with Crippen molar-refractivity contribution in [2.75, 3.05) is 6.54 Å². The Hall–Kier alpha value is -2.34. The SMILES string of the molecule is CBc1ccc([C@H](C)N2CC[C@](CC3(O)CC3)(c3ccc(F)cc3)OC2=O)cc1. The number of benzene rings is 2. The fourth-order valence-corrected chi connectivity index (χ4v) is 4.27. The van der Waals surface area contributed by atoms with Crippen molar-refractivity contribution in [3.8, 4) is 0 Å². The maximum absolute atomic E-state index is 13.4. The summed E-state index contributed by atoms with van der Waals surface area (Å²) in [4.78, 5) is 14.8. The monoisotopic (exact) mass is 395 g/mol. The Bertz CT molecular complexity index is 882. The molecule has 152 valence electrons. The highest BCUT2D eigenvalue weighted by Crippen LogP contribution is 2.49. The van der Waals surface area contributed by atoms with Crippen LogP contribution in [0.3, 0.4) is 0 Å². The molecule has 4 rings (SSSR count). The van der Waals surface area contributed by atoms with Crippen LogP contribution in [0, 0.1) is 5.82 Å². The summed E-state index contributed by atoms with van der Waals surface area (Å²) in [6.07, 6.45) is 1.93. The van der Waals surface area contributed by atoms with Crippen LogP contribution in [0.1, 0.15) is 49.8 Å². The molecule has 2 atom stereocenters. The Morgan fingerprint density at radius 3 is 2.34 bits per heavy atom. The van der Waals surface area contributed by atoms with Crippen molar-refractivity contribution >= 4 is 18.8 Å². The number of nitrogens with zero attached hydrogens (tertiary/aromatic N) is 1. The van der Waals surface area contributed by atoms with Crippen LogP contribution in [0.25, 0.3) is 0 Å². The molecule has 0 radical (unpaired) electrons. The molecule has 0 bridgehead atoms. The van der Waals surface area contributed by atoms with Crippen molar-refractivity contribution in [2.24, 2.45) is 0 Å². The molecule has 1 amide bonds. The number of aliphatic hydroxyl groups is 1. The average Bonchev–Trinajstić information content (AvgIpc) is 3.44. The van der Waals surface area contributed by atoms with Crippen molar-refractivity contribution in [3.63, 3.8) is 0 Å². The van der Waals surface area contributed by atoms with Crippen LogP contribution in [0.4, 0.5) is 9.18 Å². The normalized spacial score (nSPS) is 24.0. The lowest BCUT2D eigenvalue weighted by molar-refractivity contribution is -0.0883. The van der Waals surface area contributed by atoms with Crippen molar-refractivity contribution in [3.05, 3.63) is 65.5 Å². The summed E-state index contributed by atoms with van der Waals surface area (Å²) < 4.78 is 19.5. The van der Waals surface area contributed by atoms with Crippen LogP contribution in [-0.4, -0.2) is 35.5 Å². The van der Waals surface area contributed by atoms with E-state index in [1.54, 1.807) is 17.0 Å². The lowest BCUT2D eigenvalue weighted by Crippen LogP contribution is -2.50. The van der Waals surface area contributed by atoms with Crippen LogP contribution in [-0.2, 0) is 10.3 Å². The highest BCUT2D eigenvalue weighted by Gasteiger charge is 2.53. The zero-order valence-corrected chi connectivity index (χ0v) is 17.0. The van der Waals surface area contributed by atoms with Crippen molar-refractivity contribution in [1.29, 1.82) is 0 Å². The van der Waals surface area contributed by atoms with E-state index in [2.05, 4.69) is 31.1 Å². The number of hydrogen-bond acceptors (Lipinski definition) is 3. The minimum Gasteiger partial charge on any atom is -0.438 e. The maximum atomic E-state index is 13.4. The van der Waals surface area contributed by atoms with E-state index in [1.807, 2.05) is 6.92 Å². The first kappa shape index (κ1) is 20.0. The Morgan fingerprint density at radius 2 is 1.79 bits per heavy atom. The molecule has 2 fully saturated rings. The van der Waals surface area contributed by atoms with Crippen LogP contribution < -0.4 is 5.46 Å². The van der Waals surface area contributed by atoms with Gasteiger partial charge in [-0.15, -0.1) is 0 Å². The van der Waals surface area contributed by atoms with E-state index in [-0.39, 0.29) is 11.9 Å². The van der Waals surface area contributed by atoms with E-state index in [9.17, 15) is 14.3 Å². The lowest BCUT2D eigenvalue weighted by atomic mass is 9.73. The zero-order valence-electron chi connectivity index (χ0n) is 17.0. The van der Waals surface area contributed by atoms with Crippen molar-refractivity contribution < 1.29 is 19.0 Å². The third-order valence-corrected chi connectivity index (χ3v) is 6.42. The molecule has 0 unspecified atom stereocenters. The topological polar surface area (TPSA) is 49.8 Å². The van der Waals surface area contributed by atoms with Crippen molar-refractivity contribution in [1.82, 2.24) is 4.90 Å². The molecular weight excluding hydrogens is 368 g/mol. The van der Waals surface area contributed by atoms with Crippen molar-refractivity contribution in [2.45, 2.75) is 56.7 Å². The molecule has 1 saturated heterocycles. The summed E-state index contributed by atoms with van der Waals surface area (Å²) in [6, 6.07) is 14.3. The highest BCUT2D eigenvalue weighted by atomic mass is 19.1. The van der Waals surface area contributed by atoms with Gasteiger partial charge in [0, 0.05) is 19.4 Å². The number of amides is 1.